The molecule has 0 amide bonds. The molecular formula is C16H35NO2. The molecular weight excluding hydrogens is 238 g/mol. The summed E-state index contributed by atoms with van der Waals surface area (Å²) in [6.45, 7) is 10.9. The van der Waals surface area contributed by atoms with Gasteiger partial charge >= 0.3 is 5.97 Å². The van der Waals surface area contributed by atoms with Gasteiger partial charge in [-0.3, -0.25) is 9.69 Å². The molecule has 0 bridgehead atoms. The molecule has 0 aliphatic heterocycles. The number of carbonyl (C=O) groups excluding carboxylic acids is 1. The maximum atomic E-state index is 11.4. The lowest BCUT2D eigenvalue weighted by Crippen LogP contribution is -2.30. The Morgan fingerprint density at radius 3 is 2.16 bits per heavy atom. The van der Waals surface area contributed by atoms with Gasteiger partial charge in [-0.25, -0.2) is 0 Å². The molecule has 19 heavy (non-hydrogen) atoms. The van der Waals surface area contributed by atoms with Gasteiger partial charge in [-0.1, -0.05) is 47.5 Å². The Hall–Kier alpha value is -0.570. The van der Waals surface area contributed by atoms with Crippen LogP contribution in [0.15, 0.2) is 0 Å². The molecule has 1 aliphatic carbocycles. The van der Waals surface area contributed by atoms with Crippen molar-refractivity contribution in [3.63, 3.8) is 0 Å². The van der Waals surface area contributed by atoms with Crippen LogP contribution in [0.2, 0.25) is 0 Å². The van der Waals surface area contributed by atoms with E-state index in [4.69, 9.17) is 4.74 Å². The highest BCUT2D eigenvalue weighted by Gasteiger charge is 2.22. The highest BCUT2D eigenvalue weighted by molar-refractivity contribution is 5.71. The van der Waals surface area contributed by atoms with Crippen molar-refractivity contribution in [2.24, 2.45) is 5.92 Å². The van der Waals surface area contributed by atoms with E-state index in [0.29, 0.717) is 12.5 Å². The molecule has 116 valence electrons. The summed E-state index contributed by atoms with van der Waals surface area (Å²) in [4.78, 5) is 13.2. The van der Waals surface area contributed by atoms with Crippen molar-refractivity contribution in [2.45, 2.75) is 72.8 Å². The standard InChI is InChI=1S/C11H21NO2.C3H8.C2H6/c1-9-5-4-6-10(7-9)14-11(13)8-12(2)3;1-3-2;1-2/h9-10H,4-8H2,1-3H3;3H2,1-2H3;1-2H3. The van der Waals surface area contributed by atoms with Crippen LogP contribution < -0.4 is 0 Å². The molecule has 0 radical (unpaired) electrons. The molecule has 2 atom stereocenters. The minimum Gasteiger partial charge on any atom is -0.461 e. The van der Waals surface area contributed by atoms with Gasteiger partial charge in [-0.05, 0) is 39.3 Å². The van der Waals surface area contributed by atoms with Crippen molar-refractivity contribution in [1.29, 1.82) is 0 Å². The Bertz CT molecular complexity index is 205. The van der Waals surface area contributed by atoms with Gasteiger partial charge in [0.05, 0.1) is 6.54 Å². The molecule has 0 heterocycles. The first-order valence-electron chi connectivity index (χ1n) is 7.83. The zero-order chi connectivity index (χ0) is 15.3. The molecule has 1 aliphatic rings. The van der Waals surface area contributed by atoms with Gasteiger partial charge in [-0.15, -0.1) is 0 Å². The Kier molecular flexibility index (Phi) is 15.1. The number of hydrogen-bond acceptors (Lipinski definition) is 3. The summed E-state index contributed by atoms with van der Waals surface area (Å²) in [6.07, 6.45) is 5.98. The van der Waals surface area contributed by atoms with Gasteiger partial charge in [0.25, 0.3) is 0 Å². The van der Waals surface area contributed by atoms with Crippen molar-refractivity contribution in [2.75, 3.05) is 20.6 Å². The Balaban J connectivity index is 0. The lowest BCUT2D eigenvalue weighted by molar-refractivity contribution is -0.151. The second-order valence-corrected chi connectivity index (χ2v) is 5.33. The van der Waals surface area contributed by atoms with Crippen LogP contribution >= 0.6 is 0 Å². The van der Waals surface area contributed by atoms with E-state index >= 15 is 0 Å². The summed E-state index contributed by atoms with van der Waals surface area (Å²) in [5, 5.41) is 0. The molecule has 2 unspecified atom stereocenters. The smallest absolute Gasteiger partial charge is 0.320 e. The fourth-order valence-corrected chi connectivity index (χ4v) is 1.97. The number of likely N-dealkylation sites (N-methyl/N-ethyl adjacent to an activating group) is 1. The number of esters is 1. The van der Waals surface area contributed by atoms with Crippen LogP contribution in [-0.2, 0) is 9.53 Å². The Morgan fingerprint density at radius 1 is 1.21 bits per heavy atom. The van der Waals surface area contributed by atoms with Crippen molar-refractivity contribution >= 4 is 5.97 Å². The third kappa shape index (κ3) is 13.7. The highest BCUT2D eigenvalue weighted by Crippen LogP contribution is 2.25. The van der Waals surface area contributed by atoms with E-state index in [9.17, 15) is 4.79 Å². The molecule has 1 rings (SSSR count). The van der Waals surface area contributed by atoms with Crippen molar-refractivity contribution in [1.82, 2.24) is 4.90 Å². The van der Waals surface area contributed by atoms with Crippen LogP contribution in [0.5, 0.6) is 0 Å². The molecule has 0 aromatic carbocycles. The molecule has 0 saturated heterocycles. The summed E-state index contributed by atoms with van der Waals surface area (Å²) >= 11 is 0. The van der Waals surface area contributed by atoms with Crippen LogP contribution in [0.4, 0.5) is 0 Å². The largest absolute Gasteiger partial charge is 0.461 e. The Morgan fingerprint density at radius 2 is 1.74 bits per heavy atom. The van der Waals surface area contributed by atoms with Crippen LogP contribution in [0.1, 0.15) is 66.7 Å². The number of nitrogens with zero attached hydrogens (tertiary/aromatic N) is 1. The van der Waals surface area contributed by atoms with Gasteiger partial charge in [0, 0.05) is 0 Å². The lowest BCUT2D eigenvalue weighted by Gasteiger charge is -2.26. The molecule has 1 fully saturated rings. The third-order valence-corrected chi connectivity index (χ3v) is 2.63. The summed E-state index contributed by atoms with van der Waals surface area (Å²) in [6, 6.07) is 0. The fraction of sp³-hybridized carbons (Fsp3) is 0.938. The van der Waals surface area contributed by atoms with Gasteiger partial charge < -0.3 is 4.74 Å². The summed E-state index contributed by atoms with van der Waals surface area (Å²) < 4.78 is 5.39. The van der Waals surface area contributed by atoms with E-state index in [1.807, 2.05) is 32.8 Å². The number of ether oxygens (including phenoxy) is 1. The topological polar surface area (TPSA) is 29.5 Å². The van der Waals surface area contributed by atoms with Crippen LogP contribution in [0.3, 0.4) is 0 Å². The van der Waals surface area contributed by atoms with Crippen LogP contribution in [-0.4, -0.2) is 37.6 Å². The summed E-state index contributed by atoms with van der Waals surface area (Å²) in [7, 11) is 3.76. The van der Waals surface area contributed by atoms with Crippen LogP contribution in [0, 0.1) is 5.92 Å². The van der Waals surface area contributed by atoms with Gasteiger partial charge in [-0.2, -0.15) is 0 Å². The first kappa shape index (κ1) is 20.7. The van der Waals surface area contributed by atoms with E-state index in [1.165, 1.54) is 19.3 Å². The van der Waals surface area contributed by atoms with Crippen molar-refractivity contribution in [3.05, 3.63) is 0 Å². The quantitative estimate of drug-likeness (QED) is 0.725. The molecule has 1 saturated carbocycles. The minimum atomic E-state index is -0.0888. The minimum absolute atomic E-state index is 0.0888. The predicted octanol–water partition coefficient (Wildman–Crippen LogP) is 4.11. The molecule has 0 aromatic heterocycles. The molecule has 0 N–H and O–H groups in total. The van der Waals surface area contributed by atoms with E-state index < -0.39 is 0 Å². The zero-order valence-corrected chi connectivity index (χ0v) is 14.2. The van der Waals surface area contributed by atoms with Gasteiger partial charge in [0.15, 0.2) is 0 Å². The zero-order valence-electron chi connectivity index (χ0n) is 14.2. The maximum absolute atomic E-state index is 11.4. The molecule has 0 spiro atoms. The molecule has 3 nitrogen and oxygen atoms in total. The van der Waals surface area contributed by atoms with Gasteiger partial charge in [0.2, 0.25) is 0 Å². The molecule has 0 aromatic rings. The first-order chi connectivity index (χ1) is 8.99. The second-order valence-electron chi connectivity index (χ2n) is 5.33. The Labute approximate surface area is 120 Å². The van der Waals surface area contributed by atoms with E-state index in [2.05, 4.69) is 20.8 Å². The number of hydrogen-bond donors (Lipinski definition) is 0. The normalized spacial score (nSPS) is 21.7. The molecule has 3 heteroatoms. The van der Waals surface area contributed by atoms with E-state index in [0.717, 1.165) is 12.8 Å². The monoisotopic (exact) mass is 273 g/mol. The second kappa shape index (κ2) is 13.9. The summed E-state index contributed by atoms with van der Waals surface area (Å²) in [5.74, 6) is 0.620. The van der Waals surface area contributed by atoms with Crippen molar-refractivity contribution < 1.29 is 9.53 Å². The first-order valence-corrected chi connectivity index (χ1v) is 7.83. The number of rotatable bonds is 3. The number of carbonyl (C=O) groups is 1. The fourth-order valence-electron chi connectivity index (χ4n) is 1.97. The van der Waals surface area contributed by atoms with E-state index in [1.54, 1.807) is 0 Å². The third-order valence-electron chi connectivity index (χ3n) is 2.63. The lowest BCUT2D eigenvalue weighted by atomic mass is 9.89. The summed E-state index contributed by atoms with van der Waals surface area (Å²) in [5.41, 5.74) is 0. The maximum Gasteiger partial charge on any atom is 0.320 e. The average molecular weight is 273 g/mol. The SMILES string of the molecule is CC.CC1CCCC(OC(=O)CN(C)C)C1.CCC. The van der Waals surface area contributed by atoms with E-state index in [-0.39, 0.29) is 12.1 Å². The van der Waals surface area contributed by atoms with Crippen LogP contribution in [0.25, 0.3) is 0 Å². The predicted molar refractivity (Wildman–Crippen MR) is 83.4 cm³/mol. The van der Waals surface area contributed by atoms with Crippen molar-refractivity contribution in [3.8, 4) is 0 Å². The highest BCUT2D eigenvalue weighted by atomic mass is 16.5. The van der Waals surface area contributed by atoms with Gasteiger partial charge in [0.1, 0.15) is 6.10 Å². The average Bonchev–Trinajstić information content (AvgIpc) is 2.31.